The Balaban J connectivity index is 2.20. The van der Waals surface area contributed by atoms with E-state index in [2.05, 4.69) is 0 Å². The van der Waals surface area contributed by atoms with Gasteiger partial charge in [-0.2, -0.15) is 0 Å². The predicted octanol–water partition coefficient (Wildman–Crippen LogP) is 3.55. The number of unbranched alkanes of at least 4 members (excludes halogenated alkanes) is 1. The third-order valence-electron chi connectivity index (χ3n) is 4.27. The summed E-state index contributed by atoms with van der Waals surface area (Å²) in [6, 6.07) is 0. The Morgan fingerprint density at radius 3 is 2.45 bits per heavy atom. The first-order chi connectivity index (χ1) is 10.5. The summed E-state index contributed by atoms with van der Waals surface area (Å²) in [7, 11) is 0. The van der Waals surface area contributed by atoms with E-state index in [0.29, 0.717) is 32.0 Å². The average molecular weight is 314 g/mol. The van der Waals surface area contributed by atoms with Crippen LogP contribution in [0.15, 0.2) is 0 Å². The number of carbonyl (C=O) groups excluding carboxylic acids is 1. The summed E-state index contributed by atoms with van der Waals surface area (Å²) in [6.07, 6.45) is 8.67. The SMILES string of the molecule is CCC(C)OC(=O)C(CCCCOC1CCCCC1)C(=O)O. The summed E-state index contributed by atoms with van der Waals surface area (Å²) in [5, 5.41) is 9.16. The van der Waals surface area contributed by atoms with E-state index < -0.39 is 17.9 Å². The molecule has 0 aliphatic heterocycles. The highest BCUT2D eigenvalue weighted by Gasteiger charge is 2.28. The van der Waals surface area contributed by atoms with Gasteiger partial charge < -0.3 is 14.6 Å². The Morgan fingerprint density at radius 1 is 1.18 bits per heavy atom. The number of aliphatic carboxylic acids is 1. The van der Waals surface area contributed by atoms with Gasteiger partial charge in [-0.25, -0.2) is 0 Å². The van der Waals surface area contributed by atoms with E-state index in [-0.39, 0.29) is 6.10 Å². The van der Waals surface area contributed by atoms with Gasteiger partial charge in [0.2, 0.25) is 0 Å². The number of carbonyl (C=O) groups is 2. The Labute approximate surface area is 133 Å². The van der Waals surface area contributed by atoms with Crippen molar-refractivity contribution < 1.29 is 24.2 Å². The molecule has 2 atom stereocenters. The van der Waals surface area contributed by atoms with Crippen LogP contribution in [0.4, 0.5) is 0 Å². The summed E-state index contributed by atoms with van der Waals surface area (Å²) in [4.78, 5) is 23.0. The van der Waals surface area contributed by atoms with E-state index in [1.54, 1.807) is 6.92 Å². The van der Waals surface area contributed by atoms with Crippen molar-refractivity contribution >= 4 is 11.9 Å². The number of esters is 1. The molecule has 1 aliphatic rings. The zero-order valence-corrected chi connectivity index (χ0v) is 13.9. The molecule has 1 rings (SSSR count). The van der Waals surface area contributed by atoms with E-state index in [1.807, 2.05) is 6.92 Å². The molecule has 22 heavy (non-hydrogen) atoms. The van der Waals surface area contributed by atoms with Gasteiger partial charge >= 0.3 is 11.9 Å². The molecule has 0 saturated heterocycles. The number of hydrogen-bond acceptors (Lipinski definition) is 4. The van der Waals surface area contributed by atoms with Crippen molar-refractivity contribution in [3.63, 3.8) is 0 Å². The monoisotopic (exact) mass is 314 g/mol. The summed E-state index contributed by atoms with van der Waals surface area (Å²) >= 11 is 0. The fourth-order valence-corrected chi connectivity index (χ4v) is 2.64. The molecule has 0 aromatic carbocycles. The Morgan fingerprint density at radius 2 is 1.86 bits per heavy atom. The van der Waals surface area contributed by atoms with Gasteiger partial charge in [0.25, 0.3) is 0 Å². The maximum Gasteiger partial charge on any atom is 0.320 e. The molecular weight excluding hydrogens is 284 g/mol. The molecule has 5 nitrogen and oxygen atoms in total. The van der Waals surface area contributed by atoms with E-state index in [1.165, 1.54) is 19.3 Å². The van der Waals surface area contributed by atoms with Crippen LogP contribution >= 0.6 is 0 Å². The van der Waals surface area contributed by atoms with Gasteiger partial charge in [0, 0.05) is 6.61 Å². The fraction of sp³-hybridized carbons (Fsp3) is 0.882. The van der Waals surface area contributed by atoms with Crippen molar-refractivity contribution in [2.75, 3.05) is 6.61 Å². The Hall–Kier alpha value is -1.10. The normalized spacial score (nSPS) is 18.6. The summed E-state index contributed by atoms with van der Waals surface area (Å²) in [5.74, 6) is -2.76. The highest BCUT2D eigenvalue weighted by atomic mass is 16.5. The lowest BCUT2D eigenvalue weighted by atomic mass is 9.98. The average Bonchev–Trinajstić information content (AvgIpc) is 2.51. The van der Waals surface area contributed by atoms with E-state index in [0.717, 1.165) is 19.3 Å². The van der Waals surface area contributed by atoms with Gasteiger partial charge in [-0.05, 0) is 45.4 Å². The van der Waals surface area contributed by atoms with Crippen molar-refractivity contribution in [1.29, 1.82) is 0 Å². The number of hydrogen-bond donors (Lipinski definition) is 1. The molecule has 5 heteroatoms. The first kappa shape index (κ1) is 18.9. The lowest BCUT2D eigenvalue weighted by molar-refractivity contribution is -0.162. The number of rotatable bonds is 10. The predicted molar refractivity (Wildman–Crippen MR) is 83.6 cm³/mol. The molecule has 2 unspecified atom stereocenters. The standard InChI is InChI=1S/C17H30O5/c1-3-13(2)22-17(20)15(16(18)19)11-7-8-12-21-14-9-5-4-6-10-14/h13-15H,3-12H2,1-2H3,(H,18,19). The molecule has 0 aromatic heterocycles. The molecule has 0 bridgehead atoms. The number of ether oxygens (including phenoxy) is 2. The van der Waals surface area contributed by atoms with Crippen LogP contribution in [-0.2, 0) is 19.1 Å². The molecule has 0 spiro atoms. The van der Waals surface area contributed by atoms with Crippen LogP contribution in [0.3, 0.4) is 0 Å². The molecule has 1 saturated carbocycles. The second-order valence-corrected chi connectivity index (χ2v) is 6.17. The summed E-state index contributed by atoms with van der Waals surface area (Å²) < 4.78 is 10.9. The van der Waals surface area contributed by atoms with Gasteiger partial charge in [0.1, 0.15) is 0 Å². The third-order valence-corrected chi connectivity index (χ3v) is 4.27. The number of carboxylic acid groups (broad SMARTS) is 1. The van der Waals surface area contributed by atoms with Crippen molar-refractivity contribution in [3.8, 4) is 0 Å². The summed E-state index contributed by atoms with van der Waals surface area (Å²) in [5.41, 5.74) is 0. The third kappa shape index (κ3) is 7.25. The molecular formula is C17H30O5. The van der Waals surface area contributed by atoms with E-state index in [9.17, 15) is 9.59 Å². The van der Waals surface area contributed by atoms with Crippen LogP contribution in [-0.4, -0.2) is 35.9 Å². The lowest BCUT2D eigenvalue weighted by Gasteiger charge is -2.22. The second kappa shape index (κ2) is 10.6. The van der Waals surface area contributed by atoms with Crippen LogP contribution in [0.2, 0.25) is 0 Å². The molecule has 1 N–H and O–H groups in total. The van der Waals surface area contributed by atoms with Crippen molar-refractivity contribution in [2.24, 2.45) is 5.92 Å². The first-order valence-electron chi connectivity index (χ1n) is 8.59. The smallest absolute Gasteiger partial charge is 0.320 e. The Bertz CT molecular complexity index is 336. The van der Waals surface area contributed by atoms with Crippen molar-refractivity contribution in [1.82, 2.24) is 0 Å². The van der Waals surface area contributed by atoms with Crippen LogP contribution in [0, 0.1) is 5.92 Å². The lowest BCUT2D eigenvalue weighted by Crippen LogP contribution is -2.28. The van der Waals surface area contributed by atoms with Crippen LogP contribution in [0.1, 0.15) is 71.6 Å². The van der Waals surface area contributed by atoms with Crippen molar-refractivity contribution in [2.45, 2.75) is 83.8 Å². The molecule has 128 valence electrons. The molecule has 1 fully saturated rings. The largest absolute Gasteiger partial charge is 0.481 e. The first-order valence-corrected chi connectivity index (χ1v) is 8.59. The molecule has 0 heterocycles. The zero-order chi connectivity index (χ0) is 16.4. The van der Waals surface area contributed by atoms with E-state index in [4.69, 9.17) is 14.6 Å². The maximum atomic E-state index is 11.8. The molecule has 1 aliphatic carbocycles. The summed E-state index contributed by atoms with van der Waals surface area (Å²) in [6.45, 7) is 4.32. The molecule has 0 aromatic rings. The molecule has 0 radical (unpaired) electrons. The van der Waals surface area contributed by atoms with Gasteiger partial charge in [0.05, 0.1) is 12.2 Å². The topological polar surface area (TPSA) is 72.8 Å². The minimum atomic E-state index is -1.10. The van der Waals surface area contributed by atoms with Gasteiger partial charge in [0.15, 0.2) is 5.92 Å². The van der Waals surface area contributed by atoms with Gasteiger partial charge in [-0.3, -0.25) is 9.59 Å². The van der Waals surface area contributed by atoms with E-state index >= 15 is 0 Å². The minimum Gasteiger partial charge on any atom is -0.481 e. The van der Waals surface area contributed by atoms with Gasteiger partial charge in [-0.1, -0.05) is 26.2 Å². The van der Waals surface area contributed by atoms with Crippen LogP contribution in [0.5, 0.6) is 0 Å². The van der Waals surface area contributed by atoms with Crippen LogP contribution < -0.4 is 0 Å². The fourth-order valence-electron chi connectivity index (χ4n) is 2.64. The molecule has 0 amide bonds. The highest BCUT2D eigenvalue weighted by Crippen LogP contribution is 2.21. The van der Waals surface area contributed by atoms with Crippen molar-refractivity contribution in [3.05, 3.63) is 0 Å². The maximum absolute atomic E-state index is 11.8. The number of carboxylic acids is 1. The van der Waals surface area contributed by atoms with Gasteiger partial charge in [-0.15, -0.1) is 0 Å². The highest BCUT2D eigenvalue weighted by molar-refractivity contribution is 5.93. The Kier molecular flexibility index (Phi) is 9.13. The second-order valence-electron chi connectivity index (χ2n) is 6.17. The minimum absolute atomic E-state index is 0.232. The quantitative estimate of drug-likeness (QED) is 0.379. The van der Waals surface area contributed by atoms with Crippen LogP contribution in [0.25, 0.3) is 0 Å². The zero-order valence-electron chi connectivity index (χ0n) is 13.9.